The lowest BCUT2D eigenvalue weighted by Gasteiger charge is -2.34. The highest BCUT2D eigenvalue weighted by Gasteiger charge is 2.30. The smallest absolute Gasteiger partial charge is 0.261 e. The number of carbonyl (C=O) groups is 1. The molecular weight excluding hydrogens is 532 g/mol. The monoisotopic (exact) mass is 570 g/mol. The molecule has 2 aromatic heterocycles. The number of anilines is 1. The second-order valence-electron chi connectivity index (χ2n) is 11.9. The second-order valence-corrected chi connectivity index (χ2v) is 14.7. The molecule has 1 saturated heterocycles. The predicted octanol–water partition coefficient (Wildman–Crippen LogP) is 4.67. The molecule has 1 amide bonds. The molecule has 1 aliphatic heterocycles. The van der Waals surface area contributed by atoms with E-state index in [0.717, 1.165) is 47.0 Å². The summed E-state index contributed by atoms with van der Waals surface area (Å²) >= 11 is 1.43. The number of nitrogens with zero attached hydrogens (tertiary/aromatic N) is 1. The van der Waals surface area contributed by atoms with Crippen LogP contribution < -0.4 is 15.4 Å². The van der Waals surface area contributed by atoms with Gasteiger partial charge in [0.1, 0.15) is 4.83 Å². The van der Waals surface area contributed by atoms with Gasteiger partial charge in [0.2, 0.25) is 10.0 Å². The van der Waals surface area contributed by atoms with Gasteiger partial charge in [0, 0.05) is 16.8 Å². The highest BCUT2D eigenvalue weighted by Crippen LogP contribution is 2.38. The maximum atomic E-state index is 13.5. The van der Waals surface area contributed by atoms with Crippen molar-refractivity contribution in [2.24, 2.45) is 11.3 Å². The van der Waals surface area contributed by atoms with Crippen molar-refractivity contribution < 1.29 is 17.9 Å². The first kappa shape index (κ1) is 28.0. The van der Waals surface area contributed by atoms with Gasteiger partial charge in [0.15, 0.2) is 0 Å². The van der Waals surface area contributed by atoms with Gasteiger partial charge in [0.25, 0.3) is 5.91 Å². The van der Waals surface area contributed by atoms with Gasteiger partial charge in [-0.05, 0) is 79.0 Å². The average molecular weight is 571 g/mol. The summed E-state index contributed by atoms with van der Waals surface area (Å²) in [5.74, 6) is 0.474. The second kappa shape index (κ2) is 11.2. The van der Waals surface area contributed by atoms with Crippen LogP contribution in [0, 0.1) is 11.3 Å². The molecule has 0 unspecified atom stereocenters. The van der Waals surface area contributed by atoms with Crippen LogP contribution in [0.1, 0.15) is 66.1 Å². The number of carbonyl (C=O) groups excluding carboxylic acids is 1. The Morgan fingerprint density at radius 2 is 2.00 bits per heavy atom. The lowest BCUT2D eigenvalue weighted by molar-refractivity contribution is -0.00517. The summed E-state index contributed by atoms with van der Waals surface area (Å²) in [6.45, 7) is 9.00. The first-order chi connectivity index (χ1) is 18.4. The van der Waals surface area contributed by atoms with Gasteiger partial charge < -0.3 is 15.4 Å². The summed E-state index contributed by atoms with van der Waals surface area (Å²) in [6, 6.07) is 11.4. The molecular formula is C29H38N4O4S2. The number of thiophene rings is 1. The van der Waals surface area contributed by atoms with Crippen molar-refractivity contribution in [3.05, 3.63) is 58.1 Å². The molecule has 3 heterocycles. The molecule has 0 saturated carbocycles. The van der Waals surface area contributed by atoms with Gasteiger partial charge in [0.05, 0.1) is 36.4 Å². The summed E-state index contributed by atoms with van der Waals surface area (Å²) in [7, 11) is -3.41. The van der Waals surface area contributed by atoms with Crippen molar-refractivity contribution in [1.82, 2.24) is 15.6 Å². The lowest BCUT2D eigenvalue weighted by atomic mass is 9.71. The number of ether oxygens (including phenoxy) is 1. The number of aromatic nitrogens is 1. The van der Waals surface area contributed by atoms with Crippen LogP contribution in [0.25, 0.3) is 10.2 Å². The van der Waals surface area contributed by atoms with E-state index in [1.54, 1.807) is 18.2 Å². The van der Waals surface area contributed by atoms with Crippen LogP contribution in [0.15, 0.2) is 36.4 Å². The molecule has 2 aliphatic rings. The molecule has 8 nitrogen and oxygen atoms in total. The number of sulfonamides is 1. The standard InChI is InChI=1S/C29H38N4O4S2/c1-29(2,3)21-8-9-24-19(13-21)12-20-15-26(38-28(20)32-24)27(34)31-25(10-11-30-23-16-37-17-23)18-6-5-7-22(14-18)33-39(4,35)36/h5-7,12,14-15,21,23,25,30,33H,8-11,13,16-17H2,1-4H3,(H,31,34)/t21-,25+/m0/s1. The highest BCUT2D eigenvalue weighted by atomic mass is 32.2. The zero-order valence-corrected chi connectivity index (χ0v) is 24.7. The number of aryl methyl sites for hydroxylation is 1. The quantitative estimate of drug-likeness (QED) is 0.345. The number of pyridine rings is 1. The first-order valence-electron chi connectivity index (χ1n) is 13.6. The number of hydrogen-bond acceptors (Lipinski definition) is 7. The molecule has 0 radical (unpaired) electrons. The van der Waals surface area contributed by atoms with Gasteiger partial charge in [-0.15, -0.1) is 11.3 Å². The lowest BCUT2D eigenvalue weighted by Crippen LogP contribution is -2.46. The van der Waals surface area contributed by atoms with Crippen molar-refractivity contribution in [3.8, 4) is 0 Å². The maximum absolute atomic E-state index is 13.5. The Morgan fingerprint density at radius 3 is 2.69 bits per heavy atom. The Bertz CT molecular complexity index is 1460. The molecule has 5 rings (SSSR count). The van der Waals surface area contributed by atoms with Gasteiger partial charge in [-0.3, -0.25) is 9.52 Å². The number of hydrogen-bond donors (Lipinski definition) is 3. The number of nitrogens with one attached hydrogen (secondary N) is 3. The molecule has 210 valence electrons. The van der Waals surface area contributed by atoms with E-state index in [1.165, 1.54) is 16.9 Å². The van der Waals surface area contributed by atoms with E-state index >= 15 is 0 Å². The molecule has 3 N–H and O–H groups in total. The van der Waals surface area contributed by atoms with E-state index in [1.807, 2.05) is 12.1 Å². The van der Waals surface area contributed by atoms with Gasteiger partial charge in [-0.2, -0.15) is 0 Å². The summed E-state index contributed by atoms with van der Waals surface area (Å²) < 4.78 is 31.3. The Morgan fingerprint density at radius 1 is 1.21 bits per heavy atom. The number of rotatable bonds is 9. The van der Waals surface area contributed by atoms with Gasteiger partial charge >= 0.3 is 0 Å². The van der Waals surface area contributed by atoms with Crippen molar-refractivity contribution in [3.63, 3.8) is 0 Å². The molecule has 0 spiro atoms. The average Bonchev–Trinajstić information content (AvgIpc) is 3.24. The summed E-state index contributed by atoms with van der Waals surface area (Å²) in [5, 5.41) is 7.67. The van der Waals surface area contributed by atoms with Crippen molar-refractivity contribution in [2.75, 3.05) is 30.7 Å². The number of fused-ring (bicyclic) bond motifs is 2. The third-order valence-electron chi connectivity index (χ3n) is 7.72. The SMILES string of the molecule is CC(C)(C)[C@H]1CCc2nc3sc(C(=O)N[C@H](CCNC4COC4)c4cccc(NS(C)(=O)=O)c4)cc3cc2C1. The van der Waals surface area contributed by atoms with Crippen LogP contribution in [0.5, 0.6) is 0 Å². The van der Waals surface area contributed by atoms with Crippen LogP contribution in [0.3, 0.4) is 0 Å². The van der Waals surface area contributed by atoms with Crippen LogP contribution in [0.2, 0.25) is 0 Å². The third-order valence-corrected chi connectivity index (χ3v) is 9.37. The fraction of sp³-hybridized carbons (Fsp3) is 0.517. The molecule has 0 bridgehead atoms. The predicted molar refractivity (Wildman–Crippen MR) is 157 cm³/mol. The number of benzene rings is 1. The van der Waals surface area contributed by atoms with E-state index in [9.17, 15) is 13.2 Å². The van der Waals surface area contributed by atoms with E-state index in [-0.39, 0.29) is 17.4 Å². The summed E-state index contributed by atoms with van der Waals surface area (Å²) in [6.07, 6.45) is 4.92. The van der Waals surface area contributed by atoms with Crippen molar-refractivity contribution >= 4 is 43.2 Å². The molecule has 39 heavy (non-hydrogen) atoms. The fourth-order valence-corrected chi connectivity index (χ4v) is 6.84. The third kappa shape index (κ3) is 6.98. The fourth-order valence-electron chi connectivity index (χ4n) is 5.34. The minimum absolute atomic E-state index is 0.151. The van der Waals surface area contributed by atoms with Crippen LogP contribution in [-0.4, -0.2) is 51.4 Å². The van der Waals surface area contributed by atoms with Gasteiger partial charge in [-0.25, -0.2) is 13.4 Å². The zero-order chi connectivity index (χ0) is 27.8. The minimum atomic E-state index is -3.41. The topological polar surface area (TPSA) is 109 Å². The van der Waals surface area contributed by atoms with E-state index in [0.29, 0.717) is 48.7 Å². The van der Waals surface area contributed by atoms with Crippen LogP contribution in [0.4, 0.5) is 5.69 Å². The molecule has 1 aromatic carbocycles. The molecule has 1 aliphatic carbocycles. The minimum Gasteiger partial charge on any atom is -0.378 e. The zero-order valence-electron chi connectivity index (χ0n) is 23.0. The summed E-state index contributed by atoms with van der Waals surface area (Å²) in [4.78, 5) is 20.0. The molecule has 1 fully saturated rings. The van der Waals surface area contributed by atoms with Crippen molar-refractivity contribution in [2.45, 2.75) is 58.5 Å². The van der Waals surface area contributed by atoms with Gasteiger partial charge in [-0.1, -0.05) is 32.9 Å². The molecule has 3 aromatic rings. The Balaban J connectivity index is 1.35. The van der Waals surface area contributed by atoms with Crippen LogP contribution >= 0.6 is 11.3 Å². The van der Waals surface area contributed by atoms with E-state index in [4.69, 9.17) is 9.72 Å². The molecule has 10 heteroatoms. The Hall–Kier alpha value is -2.53. The maximum Gasteiger partial charge on any atom is 0.261 e. The van der Waals surface area contributed by atoms with Crippen LogP contribution in [-0.2, 0) is 27.6 Å². The summed E-state index contributed by atoms with van der Waals surface area (Å²) in [5.41, 5.74) is 4.04. The molecule has 2 atom stereocenters. The Kier molecular flexibility index (Phi) is 8.01. The van der Waals surface area contributed by atoms with E-state index < -0.39 is 10.0 Å². The largest absolute Gasteiger partial charge is 0.378 e. The van der Waals surface area contributed by atoms with Crippen molar-refractivity contribution in [1.29, 1.82) is 0 Å². The van der Waals surface area contributed by atoms with E-state index in [2.05, 4.69) is 42.2 Å². The normalized spacial score (nSPS) is 18.8. The highest BCUT2D eigenvalue weighted by molar-refractivity contribution is 7.92. The first-order valence-corrected chi connectivity index (χ1v) is 16.3. The Labute approximate surface area is 235 Å². The number of amides is 1.